The van der Waals surface area contributed by atoms with Gasteiger partial charge in [-0.05, 0) is 52.1 Å². The number of ether oxygens (including phenoxy) is 1. The first kappa shape index (κ1) is 15.5. The zero-order valence-electron chi connectivity index (χ0n) is 12.5. The second kappa shape index (κ2) is 7.14. The second-order valence-electron chi connectivity index (χ2n) is 5.12. The quantitative estimate of drug-likeness (QED) is 0.851. The van der Waals surface area contributed by atoms with Gasteiger partial charge in [0.2, 0.25) is 0 Å². The molecular formula is C15H24N2O2. The summed E-state index contributed by atoms with van der Waals surface area (Å²) in [6, 6.07) is 5.99. The molecule has 4 nitrogen and oxygen atoms in total. The Bertz CT molecular complexity index is 430. The number of hydrogen-bond donors (Lipinski definition) is 1. The SMILES string of the molecule is Cc1ccc(C)c(O[C@H](C)C(=O)NCCN(C)C)c1. The van der Waals surface area contributed by atoms with Gasteiger partial charge in [-0.2, -0.15) is 0 Å². The number of aryl methyl sites for hydroxylation is 2. The Morgan fingerprint density at radius 1 is 1.37 bits per heavy atom. The van der Waals surface area contributed by atoms with Crippen LogP contribution in [0.5, 0.6) is 5.75 Å². The molecule has 106 valence electrons. The number of rotatable bonds is 6. The van der Waals surface area contributed by atoms with Crippen LogP contribution >= 0.6 is 0 Å². The molecule has 0 saturated carbocycles. The van der Waals surface area contributed by atoms with Gasteiger partial charge in [-0.25, -0.2) is 0 Å². The van der Waals surface area contributed by atoms with Crippen LogP contribution in [0.3, 0.4) is 0 Å². The number of benzene rings is 1. The molecule has 1 aromatic rings. The van der Waals surface area contributed by atoms with Gasteiger partial charge in [0.05, 0.1) is 0 Å². The summed E-state index contributed by atoms with van der Waals surface area (Å²) in [6.45, 7) is 7.21. The number of carbonyl (C=O) groups is 1. The molecule has 0 fully saturated rings. The molecule has 0 heterocycles. The summed E-state index contributed by atoms with van der Waals surface area (Å²) < 4.78 is 5.72. The Balaban J connectivity index is 2.51. The Hall–Kier alpha value is -1.55. The van der Waals surface area contributed by atoms with Crippen LogP contribution in [0.25, 0.3) is 0 Å². The lowest BCUT2D eigenvalue weighted by Gasteiger charge is -2.17. The second-order valence-corrected chi connectivity index (χ2v) is 5.12. The number of nitrogens with zero attached hydrogens (tertiary/aromatic N) is 1. The molecule has 0 saturated heterocycles. The Morgan fingerprint density at radius 3 is 2.68 bits per heavy atom. The van der Waals surface area contributed by atoms with Crippen molar-refractivity contribution in [1.29, 1.82) is 0 Å². The fourth-order valence-corrected chi connectivity index (χ4v) is 1.62. The summed E-state index contributed by atoms with van der Waals surface area (Å²) in [4.78, 5) is 13.9. The molecule has 0 aliphatic carbocycles. The van der Waals surface area contributed by atoms with Gasteiger partial charge >= 0.3 is 0 Å². The van der Waals surface area contributed by atoms with E-state index in [9.17, 15) is 4.79 Å². The average Bonchev–Trinajstić information content (AvgIpc) is 2.33. The van der Waals surface area contributed by atoms with Gasteiger partial charge in [-0.3, -0.25) is 4.79 Å². The van der Waals surface area contributed by atoms with Crippen LogP contribution in [0.1, 0.15) is 18.1 Å². The van der Waals surface area contributed by atoms with Crippen molar-refractivity contribution in [1.82, 2.24) is 10.2 Å². The maximum absolute atomic E-state index is 11.9. The monoisotopic (exact) mass is 264 g/mol. The van der Waals surface area contributed by atoms with Gasteiger partial charge in [-0.1, -0.05) is 12.1 Å². The lowest BCUT2D eigenvalue weighted by molar-refractivity contribution is -0.127. The highest BCUT2D eigenvalue weighted by molar-refractivity contribution is 5.80. The van der Waals surface area contributed by atoms with E-state index >= 15 is 0 Å². The third kappa shape index (κ3) is 5.30. The molecular weight excluding hydrogens is 240 g/mol. The molecule has 1 rings (SSSR count). The van der Waals surface area contributed by atoms with Gasteiger partial charge in [0, 0.05) is 13.1 Å². The van der Waals surface area contributed by atoms with Gasteiger partial charge in [0.25, 0.3) is 5.91 Å². The van der Waals surface area contributed by atoms with E-state index in [0.717, 1.165) is 23.4 Å². The van der Waals surface area contributed by atoms with Crippen molar-refractivity contribution in [2.45, 2.75) is 26.9 Å². The summed E-state index contributed by atoms with van der Waals surface area (Å²) in [5.74, 6) is 0.693. The molecule has 1 aromatic carbocycles. The highest BCUT2D eigenvalue weighted by Crippen LogP contribution is 2.20. The normalized spacial score (nSPS) is 12.3. The minimum absolute atomic E-state index is 0.0808. The van der Waals surface area contributed by atoms with E-state index in [4.69, 9.17) is 4.74 Å². The molecule has 4 heteroatoms. The van der Waals surface area contributed by atoms with E-state index in [0.29, 0.717) is 6.54 Å². The standard InChI is InChI=1S/C15H24N2O2/c1-11-6-7-12(2)14(10-11)19-13(3)15(18)16-8-9-17(4)5/h6-7,10,13H,8-9H2,1-5H3,(H,16,18)/t13-/m1/s1. The molecule has 0 aromatic heterocycles. The van der Waals surface area contributed by atoms with Crippen molar-refractivity contribution >= 4 is 5.91 Å². The van der Waals surface area contributed by atoms with E-state index < -0.39 is 6.10 Å². The highest BCUT2D eigenvalue weighted by Gasteiger charge is 2.15. The third-order valence-electron chi connectivity index (χ3n) is 2.87. The largest absolute Gasteiger partial charge is 0.481 e. The van der Waals surface area contributed by atoms with Crippen LogP contribution in [-0.2, 0) is 4.79 Å². The number of likely N-dealkylation sites (N-methyl/N-ethyl adjacent to an activating group) is 1. The van der Waals surface area contributed by atoms with Gasteiger partial charge in [0.15, 0.2) is 6.10 Å². The van der Waals surface area contributed by atoms with Crippen LogP contribution in [0.4, 0.5) is 0 Å². The van der Waals surface area contributed by atoms with Crippen LogP contribution in [-0.4, -0.2) is 44.1 Å². The Kier molecular flexibility index (Phi) is 5.83. The molecule has 19 heavy (non-hydrogen) atoms. The van der Waals surface area contributed by atoms with Crippen LogP contribution < -0.4 is 10.1 Å². The zero-order valence-corrected chi connectivity index (χ0v) is 12.5. The topological polar surface area (TPSA) is 41.6 Å². The van der Waals surface area contributed by atoms with E-state index in [1.165, 1.54) is 0 Å². The minimum Gasteiger partial charge on any atom is -0.481 e. The molecule has 0 spiro atoms. The van der Waals surface area contributed by atoms with Crippen molar-refractivity contribution in [2.75, 3.05) is 27.2 Å². The van der Waals surface area contributed by atoms with Crippen LogP contribution in [0, 0.1) is 13.8 Å². The Morgan fingerprint density at radius 2 is 2.05 bits per heavy atom. The van der Waals surface area contributed by atoms with Gasteiger partial charge in [-0.15, -0.1) is 0 Å². The molecule has 0 aliphatic heterocycles. The summed E-state index contributed by atoms with van der Waals surface area (Å²) in [7, 11) is 3.95. The Labute approximate surface area is 115 Å². The predicted molar refractivity (Wildman–Crippen MR) is 77.6 cm³/mol. The molecule has 0 bridgehead atoms. The highest BCUT2D eigenvalue weighted by atomic mass is 16.5. The fourth-order valence-electron chi connectivity index (χ4n) is 1.62. The summed E-state index contributed by atoms with van der Waals surface area (Å²) >= 11 is 0. The first-order valence-electron chi connectivity index (χ1n) is 6.56. The third-order valence-corrected chi connectivity index (χ3v) is 2.87. The molecule has 0 radical (unpaired) electrons. The maximum Gasteiger partial charge on any atom is 0.260 e. The molecule has 0 unspecified atom stereocenters. The number of amides is 1. The predicted octanol–water partition coefficient (Wildman–Crippen LogP) is 1.75. The van der Waals surface area contributed by atoms with Crippen molar-refractivity contribution in [2.24, 2.45) is 0 Å². The minimum atomic E-state index is -0.484. The van der Waals surface area contributed by atoms with Gasteiger partial charge in [0.1, 0.15) is 5.75 Å². The van der Waals surface area contributed by atoms with Gasteiger partial charge < -0.3 is 15.0 Å². The van der Waals surface area contributed by atoms with Crippen molar-refractivity contribution in [3.8, 4) is 5.75 Å². The zero-order chi connectivity index (χ0) is 14.4. The number of carbonyl (C=O) groups excluding carboxylic acids is 1. The van der Waals surface area contributed by atoms with E-state index in [-0.39, 0.29) is 5.91 Å². The fraction of sp³-hybridized carbons (Fsp3) is 0.533. The lowest BCUT2D eigenvalue weighted by atomic mass is 10.1. The van der Waals surface area contributed by atoms with E-state index in [2.05, 4.69) is 5.32 Å². The van der Waals surface area contributed by atoms with Crippen molar-refractivity contribution < 1.29 is 9.53 Å². The van der Waals surface area contributed by atoms with Crippen molar-refractivity contribution in [3.05, 3.63) is 29.3 Å². The smallest absolute Gasteiger partial charge is 0.260 e. The molecule has 1 amide bonds. The van der Waals surface area contributed by atoms with E-state index in [1.54, 1.807) is 6.92 Å². The summed E-state index contributed by atoms with van der Waals surface area (Å²) in [6.07, 6.45) is -0.484. The first-order chi connectivity index (χ1) is 8.90. The van der Waals surface area contributed by atoms with E-state index in [1.807, 2.05) is 51.0 Å². The van der Waals surface area contributed by atoms with Crippen LogP contribution in [0.15, 0.2) is 18.2 Å². The lowest BCUT2D eigenvalue weighted by Crippen LogP contribution is -2.39. The van der Waals surface area contributed by atoms with Crippen LogP contribution in [0.2, 0.25) is 0 Å². The number of hydrogen-bond acceptors (Lipinski definition) is 3. The molecule has 0 aliphatic rings. The first-order valence-corrected chi connectivity index (χ1v) is 6.56. The molecule has 1 atom stereocenters. The summed E-state index contributed by atoms with van der Waals surface area (Å²) in [5.41, 5.74) is 2.17. The number of nitrogens with one attached hydrogen (secondary N) is 1. The maximum atomic E-state index is 11.9. The van der Waals surface area contributed by atoms with Crippen molar-refractivity contribution in [3.63, 3.8) is 0 Å². The molecule has 1 N–H and O–H groups in total. The summed E-state index contributed by atoms with van der Waals surface area (Å²) in [5, 5.41) is 2.86. The average molecular weight is 264 g/mol.